The van der Waals surface area contributed by atoms with Crippen LogP contribution in [0.4, 0.5) is 8.78 Å². The molecule has 0 aromatic heterocycles. The smallest absolute Gasteiger partial charge is 0.204 e. The van der Waals surface area contributed by atoms with Gasteiger partial charge >= 0.3 is 0 Å². The van der Waals surface area contributed by atoms with Gasteiger partial charge < -0.3 is 14.2 Å². The number of methoxy groups -OCH3 is 1. The third-order valence-electron chi connectivity index (χ3n) is 4.98. The van der Waals surface area contributed by atoms with Crippen molar-refractivity contribution in [2.75, 3.05) is 13.7 Å². The maximum Gasteiger partial charge on any atom is 0.204 e. The first-order valence-corrected chi connectivity index (χ1v) is 8.41. The molecule has 3 rings (SSSR count). The molecule has 0 N–H and O–H groups in total. The minimum atomic E-state index is -0.975. The number of halogens is 2. The molecule has 23 heavy (non-hydrogen) atoms. The van der Waals surface area contributed by atoms with Gasteiger partial charge in [0.05, 0.1) is 6.61 Å². The highest BCUT2D eigenvalue weighted by Gasteiger charge is 2.28. The summed E-state index contributed by atoms with van der Waals surface area (Å²) >= 11 is 0. The van der Waals surface area contributed by atoms with Gasteiger partial charge in [-0.1, -0.05) is 19.8 Å². The first-order valence-electron chi connectivity index (χ1n) is 8.41. The second-order valence-electron chi connectivity index (χ2n) is 6.75. The van der Waals surface area contributed by atoms with E-state index in [9.17, 15) is 8.78 Å². The van der Waals surface area contributed by atoms with Crippen molar-refractivity contribution in [1.82, 2.24) is 0 Å². The molecule has 0 amide bonds. The molecular weight excluding hydrogens is 302 g/mol. The van der Waals surface area contributed by atoms with E-state index in [0.29, 0.717) is 30.9 Å². The SMILES string of the molecule is COC1CCc2cc(OCC3CCC(C)CC3)c(F)c(F)c2O1. The molecule has 2 aliphatic rings. The third-order valence-corrected chi connectivity index (χ3v) is 4.98. The van der Waals surface area contributed by atoms with Gasteiger partial charge in [-0.3, -0.25) is 0 Å². The largest absolute Gasteiger partial charge is 0.490 e. The van der Waals surface area contributed by atoms with Crippen LogP contribution < -0.4 is 9.47 Å². The highest BCUT2D eigenvalue weighted by molar-refractivity contribution is 5.44. The Balaban J connectivity index is 1.70. The number of rotatable bonds is 4. The van der Waals surface area contributed by atoms with E-state index in [1.807, 2.05) is 0 Å². The van der Waals surface area contributed by atoms with Crippen LogP contribution in [0.25, 0.3) is 0 Å². The summed E-state index contributed by atoms with van der Waals surface area (Å²) in [6.07, 6.45) is 5.23. The quantitative estimate of drug-likeness (QED) is 0.817. The predicted molar refractivity (Wildman–Crippen MR) is 82.7 cm³/mol. The van der Waals surface area contributed by atoms with Crippen LogP contribution in [0.15, 0.2) is 6.07 Å². The molecular formula is C18H24F2O3. The molecule has 1 unspecified atom stereocenters. The summed E-state index contributed by atoms with van der Waals surface area (Å²) in [6.45, 7) is 2.70. The second-order valence-corrected chi connectivity index (χ2v) is 6.75. The van der Waals surface area contributed by atoms with Crippen molar-refractivity contribution in [3.63, 3.8) is 0 Å². The molecule has 1 atom stereocenters. The summed E-state index contributed by atoms with van der Waals surface area (Å²) in [6, 6.07) is 1.57. The van der Waals surface area contributed by atoms with Gasteiger partial charge in [0.2, 0.25) is 11.6 Å². The van der Waals surface area contributed by atoms with Gasteiger partial charge in [-0.25, -0.2) is 0 Å². The van der Waals surface area contributed by atoms with E-state index >= 15 is 0 Å². The average Bonchev–Trinajstić information content (AvgIpc) is 2.58. The molecule has 1 aromatic rings. The van der Waals surface area contributed by atoms with Gasteiger partial charge in [0.25, 0.3) is 0 Å². The first kappa shape index (κ1) is 16.5. The van der Waals surface area contributed by atoms with Gasteiger partial charge in [0.15, 0.2) is 17.8 Å². The zero-order chi connectivity index (χ0) is 16.4. The lowest BCUT2D eigenvalue weighted by atomic mass is 9.83. The van der Waals surface area contributed by atoms with Crippen molar-refractivity contribution in [3.8, 4) is 11.5 Å². The molecule has 1 saturated carbocycles. The van der Waals surface area contributed by atoms with Crippen molar-refractivity contribution in [3.05, 3.63) is 23.3 Å². The van der Waals surface area contributed by atoms with Crippen LogP contribution in [0.3, 0.4) is 0 Å². The summed E-state index contributed by atoms with van der Waals surface area (Å²) in [7, 11) is 1.49. The molecule has 1 fully saturated rings. The Morgan fingerprint density at radius 1 is 1.13 bits per heavy atom. The minimum absolute atomic E-state index is 0.000612. The van der Waals surface area contributed by atoms with Crippen LogP contribution in [-0.2, 0) is 11.2 Å². The standard InChI is InChI=1S/C18H24F2O3/c1-11-3-5-12(6-4-11)10-22-14-9-13-7-8-15(21-2)23-18(13)17(20)16(14)19/h9,11-12,15H,3-8,10H2,1-2H3. The van der Waals surface area contributed by atoms with Gasteiger partial charge in [0.1, 0.15) is 0 Å². The van der Waals surface area contributed by atoms with Crippen LogP contribution >= 0.6 is 0 Å². The highest BCUT2D eigenvalue weighted by Crippen LogP contribution is 2.37. The van der Waals surface area contributed by atoms with E-state index < -0.39 is 17.9 Å². The van der Waals surface area contributed by atoms with Gasteiger partial charge in [-0.05, 0) is 37.2 Å². The van der Waals surface area contributed by atoms with Crippen LogP contribution in [0.5, 0.6) is 11.5 Å². The van der Waals surface area contributed by atoms with Gasteiger partial charge in [-0.2, -0.15) is 8.78 Å². The van der Waals surface area contributed by atoms with E-state index in [0.717, 1.165) is 18.8 Å². The Morgan fingerprint density at radius 2 is 1.87 bits per heavy atom. The Kier molecular flexibility index (Phi) is 5.05. The summed E-state index contributed by atoms with van der Waals surface area (Å²) in [5.41, 5.74) is 0.643. The maximum absolute atomic E-state index is 14.2. The van der Waals surface area contributed by atoms with Crippen LogP contribution in [0.1, 0.15) is 44.6 Å². The molecule has 1 heterocycles. The van der Waals surface area contributed by atoms with Crippen molar-refractivity contribution in [2.24, 2.45) is 11.8 Å². The Hall–Kier alpha value is -1.36. The Bertz CT molecular complexity index is 554. The number of aryl methyl sites for hydroxylation is 1. The highest BCUT2D eigenvalue weighted by atomic mass is 19.2. The zero-order valence-electron chi connectivity index (χ0n) is 13.7. The molecule has 5 heteroatoms. The number of fused-ring (bicyclic) bond motifs is 1. The summed E-state index contributed by atoms with van der Waals surface area (Å²) in [4.78, 5) is 0. The topological polar surface area (TPSA) is 27.7 Å². The van der Waals surface area contributed by atoms with E-state index in [1.54, 1.807) is 6.07 Å². The molecule has 128 valence electrons. The van der Waals surface area contributed by atoms with Crippen LogP contribution in [0.2, 0.25) is 0 Å². The van der Waals surface area contributed by atoms with E-state index in [-0.39, 0.29) is 11.5 Å². The molecule has 0 bridgehead atoms. The molecule has 0 saturated heterocycles. The molecule has 1 aliphatic heterocycles. The molecule has 0 spiro atoms. The molecule has 3 nitrogen and oxygen atoms in total. The molecule has 0 radical (unpaired) electrons. The zero-order valence-corrected chi connectivity index (χ0v) is 13.7. The Morgan fingerprint density at radius 3 is 2.57 bits per heavy atom. The molecule has 1 aromatic carbocycles. The number of benzene rings is 1. The number of ether oxygens (including phenoxy) is 3. The first-order chi connectivity index (χ1) is 11.1. The fourth-order valence-corrected chi connectivity index (χ4v) is 3.39. The van der Waals surface area contributed by atoms with Gasteiger partial charge in [0, 0.05) is 19.1 Å². The number of hydrogen-bond acceptors (Lipinski definition) is 3. The fourth-order valence-electron chi connectivity index (χ4n) is 3.39. The Labute approximate surface area is 135 Å². The lowest BCUT2D eigenvalue weighted by molar-refractivity contribution is -0.0679. The summed E-state index contributed by atoms with van der Waals surface area (Å²) < 4.78 is 44.5. The van der Waals surface area contributed by atoms with Crippen molar-refractivity contribution >= 4 is 0 Å². The third kappa shape index (κ3) is 3.60. The van der Waals surface area contributed by atoms with Gasteiger partial charge in [-0.15, -0.1) is 0 Å². The molecule has 1 aliphatic carbocycles. The second kappa shape index (κ2) is 7.04. The summed E-state index contributed by atoms with van der Waals surface area (Å²) in [5.74, 6) is -0.797. The lowest BCUT2D eigenvalue weighted by Crippen LogP contribution is -2.25. The lowest BCUT2D eigenvalue weighted by Gasteiger charge is -2.27. The van der Waals surface area contributed by atoms with Crippen molar-refractivity contribution in [1.29, 1.82) is 0 Å². The summed E-state index contributed by atoms with van der Waals surface area (Å²) in [5, 5.41) is 0. The fraction of sp³-hybridized carbons (Fsp3) is 0.667. The van der Waals surface area contributed by atoms with Crippen molar-refractivity contribution in [2.45, 2.75) is 51.7 Å². The van der Waals surface area contributed by atoms with E-state index in [2.05, 4.69) is 6.92 Å². The predicted octanol–water partition coefficient (Wildman–Crippen LogP) is 4.47. The number of hydrogen-bond donors (Lipinski definition) is 0. The van der Waals surface area contributed by atoms with Crippen molar-refractivity contribution < 1.29 is 23.0 Å². The van der Waals surface area contributed by atoms with Crippen LogP contribution in [0, 0.1) is 23.5 Å². The average molecular weight is 326 g/mol. The van der Waals surface area contributed by atoms with E-state index in [4.69, 9.17) is 14.2 Å². The monoisotopic (exact) mass is 326 g/mol. The van der Waals surface area contributed by atoms with E-state index in [1.165, 1.54) is 20.0 Å². The maximum atomic E-state index is 14.2. The normalized spacial score (nSPS) is 27.2. The van der Waals surface area contributed by atoms with Crippen LogP contribution in [-0.4, -0.2) is 20.0 Å². The minimum Gasteiger partial charge on any atom is -0.490 e.